The Balaban J connectivity index is 1.94. The third-order valence-electron chi connectivity index (χ3n) is 3.47. The maximum absolute atomic E-state index is 6.08. The summed E-state index contributed by atoms with van der Waals surface area (Å²) in [4.78, 5) is 13.0. The van der Waals surface area contributed by atoms with Crippen LogP contribution in [0.15, 0.2) is 59.5 Å². The van der Waals surface area contributed by atoms with Gasteiger partial charge in [-0.25, -0.2) is 14.6 Å². The summed E-state index contributed by atoms with van der Waals surface area (Å²) in [5, 5.41) is 5.12. The minimum Gasteiger partial charge on any atom is -0.383 e. The van der Waals surface area contributed by atoms with Gasteiger partial charge in [0.05, 0.1) is 17.3 Å². The van der Waals surface area contributed by atoms with Crippen LogP contribution in [0.1, 0.15) is 0 Å². The van der Waals surface area contributed by atoms with Crippen LogP contribution in [0.5, 0.6) is 0 Å². The van der Waals surface area contributed by atoms with Crippen molar-refractivity contribution >= 4 is 32.8 Å². The van der Waals surface area contributed by atoms with Crippen LogP contribution in [0.25, 0.3) is 28.1 Å². The minimum absolute atomic E-state index is 0.408. The van der Waals surface area contributed by atoms with E-state index in [-0.39, 0.29) is 0 Å². The Morgan fingerprint density at radius 2 is 1.70 bits per heavy atom. The molecule has 7 heteroatoms. The number of nitrogens with zero attached hydrogens (tertiary/aromatic N) is 5. The molecule has 0 atom stereocenters. The summed E-state index contributed by atoms with van der Waals surface area (Å²) in [6.07, 6.45) is 5.08. The second-order valence-corrected chi connectivity index (χ2v) is 5.85. The average molecular weight is 367 g/mol. The molecule has 0 saturated carbocycles. The van der Waals surface area contributed by atoms with Gasteiger partial charge in [-0.2, -0.15) is 5.10 Å². The highest BCUT2D eigenvalue weighted by Crippen LogP contribution is 2.25. The Hall–Kier alpha value is -2.80. The number of rotatable bonds is 2. The number of nitrogen functional groups attached to an aromatic ring is 1. The number of fused-ring (bicyclic) bond motifs is 1. The van der Waals surface area contributed by atoms with Crippen molar-refractivity contribution < 1.29 is 0 Å². The lowest BCUT2D eigenvalue weighted by molar-refractivity contribution is 0.895. The van der Waals surface area contributed by atoms with Crippen molar-refractivity contribution in [2.45, 2.75) is 0 Å². The van der Waals surface area contributed by atoms with Gasteiger partial charge in [-0.05, 0) is 36.4 Å². The molecule has 0 aliphatic rings. The molecule has 0 unspecified atom stereocenters. The molecule has 112 valence electrons. The molecule has 3 heterocycles. The van der Waals surface area contributed by atoms with Crippen LogP contribution in [0.2, 0.25) is 0 Å². The smallest absolute Gasteiger partial charge is 0.169 e. The lowest BCUT2D eigenvalue weighted by Gasteiger charge is -2.06. The number of benzene rings is 1. The lowest BCUT2D eigenvalue weighted by Crippen LogP contribution is -2.01. The van der Waals surface area contributed by atoms with Gasteiger partial charge in [-0.15, -0.1) is 0 Å². The molecule has 6 nitrogen and oxygen atoms in total. The molecular formula is C16H11BrN6. The van der Waals surface area contributed by atoms with Gasteiger partial charge in [-0.1, -0.05) is 15.9 Å². The van der Waals surface area contributed by atoms with Crippen molar-refractivity contribution in [3.8, 4) is 17.1 Å². The first kappa shape index (κ1) is 13.8. The number of hydrogen-bond donors (Lipinski definition) is 1. The molecule has 4 aromatic rings. The zero-order chi connectivity index (χ0) is 15.8. The van der Waals surface area contributed by atoms with Gasteiger partial charge in [-0.3, -0.25) is 4.98 Å². The van der Waals surface area contributed by atoms with E-state index in [9.17, 15) is 0 Å². The summed E-state index contributed by atoms with van der Waals surface area (Å²) in [7, 11) is 0. The van der Waals surface area contributed by atoms with Crippen molar-refractivity contribution in [2.24, 2.45) is 0 Å². The Kier molecular flexibility index (Phi) is 3.27. The van der Waals surface area contributed by atoms with Gasteiger partial charge < -0.3 is 5.73 Å². The fraction of sp³-hybridized carbons (Fsp3) is 0. The first-order chi connectivity index (χ1) is 11.2. The Morgan fingerprint density at radius 1 is 0.957 bits per heavy atom. The van der Waals surface area contributed by atoms with Crippen LogP contribution in [-0.2, 0) is 0 Å². The van der Waals surface area contributed by atoms with Crippen LogP contribution in [0.3, 0.4) is 0 Å². The highest BCUT2D eigenvalue weighted by Gasteiger charge is 2.13. The first-order valence-electron chi connectivity index (χ1n) is 6.90. The summed E-state index contributed by atoms with van der Waals surface area (Å²) >= 11 is 3.43. The number of pyridine rings is 1. The lowest BCUT2D eigenvalue weighted by atomic mass is 10.2. The molecule has 3 aromatic heterocycles. The summed E-state index contributed by atoms with van der Waals surface area (Å²) in [6, 6.07) is 11.5. The zero-order valence-corrected chi connectivity index (χ0v) is 13.5. The Bertz CT molecular complexity index is 979. The number of anilines is 1. The molecule has 0 spiro atoms. The largest absolute Gasteiger partial charge is 0.383 e. The maximum atomic E-state index is 6.08. The number of aromatic nitrogens is 5. The third-order valence-corrected chi connectivity index (χ3v) is 4.00. The molecule has 0 fully saturated rings. The molecule has 1 aromatic carbocycles. The number of halogens is 1. The second kappa shape index (κ2) is 5.44. The van der Waals surface area contributed by atoms with E-state index >= 15 is 0 Å². The average Bonchev–Trinajstić information content (AvgIpc) is 3.01. The van der Waals surface area contributed by atoms with Gasteiger partial charge in [0.25, 0.3) is 0 Å². The summed E-state index contributed by atoms with van der Waals surface area (Å²) in [5.41, 5.74) is 8.52. The van der Waals surface area contributed by atoms with E-state index in [0.717, 1.165) is 21.1 Å². The van der Waals surface area contributed by atoms with Crippen LogP contribution >= 0.6 is 15.9 Å². The van der Waals surface area contributed by atoms with Crippen LogP contribution < -0.4 is 5.73 Å². The highest BCUT2D eigenvalue weighted by atomic mass is 79.9. The van der Waals surface area contributed by atoms with E-state index in [0.29, 0.717) is 17.3 Å². The molecular weight excluding hydrogens is 356 g/mol. The number of hydrogen-bond acceptors (Lipinski definition) is 5. The summed E-state index contributed by atoms with van der Waals surface area (Å²) in [6.45, 7) is 0. The zero-order valence-electron chi connectivity index (χ0n) is 11.9. The fourth-order valence-electron chi connectivity index (χ4n) is 2.33. The normalized spacial score (nSPS) is 11.0. The molecule has 2 N–H and O–H groups in total. The topological polar surface area (TPSA) is 82.5 Å². The van der Waals surface area contributed by atoms with Crippen molar-refractivity contribution in [2.75, 3.05) is 5.73 Å². The monoisotopic (exact) mass is 366 g/mol. The molecule has 23 heavy (non-hydrogen) atoms. The van der Waals surface area contributed by atoms with Gasteiger partial charge in [0, 0.05) is 22.4 Å². The molecule has 0 bridgehead atoms. The highest BCUT2D eigenvalue weighted by molar-refractivity contribution is 9.10. The van der Waals surface area contributed by atoms with E-state index in [2.05, 4.69) is 36.0 Å². The summed E-state index contributed by atoms with van der Waals surface area (Å²) < 4.78 is 2.76. The first-order valence-corrected chi connectivity index (χ1v) is 7.69. The van der Waals surface area contributed by atoms with E-state index < -0.39 is 0 Å². The second-order valence-electron chi connectivity index (χ2n) is 4.94. The maximum Gasteiger partial charge on any atom is 0.169 e. The molecule has 0 saturated heterocycles. The third kappa shape index (κ3) is 2.44. The molecule has 4 rings (SSSR count). The van der Waals surface area contributed by atoms with E-state index in [1.165, 1.54) is 0 Å². The van der Waals surface area contributed by atoms with E-state index in [1.54, 1.807) is 23.3 Å². The van der Waals surface area contributed by atoms with Crippen LogP contribution in [-0.4, -0.2) is 24.7 Å². The molecule has 0 aliphatic heterocycles. The van der Waals surface area contributed by atoms with Crippen molar-refractivity contribution in [3.63, 3.8) is 0 Å². The SMILES string of the molecule is Nc1nc(-c2ccncc2)nc2c1cnn2-c1ccc(Br)cc1. The minimum atomic E-state index is 0.408. The van der Waals surface area contributed by atoms with Gasteiger partial charge in [0.2, 0.25) is 0 Å². The predicted octanol–water partition coefficient (Wildman–Crippen LogP) is 3.22. The standard InChI is InChI=1S/C16H11BrN6/c17-11-1-3-12(4-2-11)23-16-13(9-20-23)14(18)21-15(22-16)10-5-7-19-8-6-10/h1-9H,(H2,18,21,22). The quantitative estimate of drug-likeness (QED) is 0.588. The molecule has 0 amide bonds. The van der Waals surface area contributed by atoms with Crippen LogP contribution in [0.4, 0.5) is 5.82 Å². The Morgan fingerprint density at radius 3 is 2.43 bits per heavy atom. The number of nitrogens with two attached hydrogens (primary N) is 1. The van der Waals surface area contributed by atoms with Gasteiger partial charge in [0.15, 0.2) is 11.5 Å². The summed E-state index contributed by atoms with van der Waals surface area (Å²) in [5.74, 6) is 0.960. The Labute approximate surface area is 140 Å². The molecule has 0 aliphatic carbocycles. The van der Waals surface area contributed by atoms with Gasteiger partial charge in [0.1, 0.15) is 5.82 Å². The van der Waals surface area contributed by atoms with Crippen LogP contribution in [0, 0.1) is 0 Å². The van der Waals surface area contributed by atoms with Crippen molar-refractivity contribution in [1.29, 1.82) is 0 Å². The molecule has 0 radical (unpaired) electrons. The van der Waals surface area contributed by atoms with E-state index in [4.69, 9.17) is 5.73 Å². The van der Waals surface area contributed by atoms with Crippen molar-refractivity contribution in [3.05, 3.63) is 59.5 Å². The van der Waals surface area contributed by atoms with E-state index in [1.807, 2.05) is 36.4 Å². The van der Waals surface area contributed by atoms with Gasteiger partial charge >= 0.3 is 0 Å². The fourth-order valence-corrected chi connectivity index (χ4v) is 2.60. The predicted molar refractivity (Wildman–Crippen MR) is 92.0 cm³/mol. The van der Waals surface area contributed by atoms with Crippen molar-refractivity contribution in [1.82, 2.24) is 24.7 Å².